The number of aliphatic hydroxyl groups is 2. The maximum atomic E-state index is 15.4. The molecule has 13 nitrogen and oxygen atoms in total. The molecule has 0 spiro atoms. The highest BCUT2D eigenvalue weighted by atomic mass is 16.7. The van der Waals surface area contributed by atoms with Crippen LogP contribution in [0.5, 0.6) is 23.0 Å². The zero-order chi connectivity index (χ0) is 49.6. The number of nitrogens with zero attached hydrogens (tertiary/aromatic N) is 3. The standard InChI is InChI=1S/C57H65N3O10/c1-7-31-66-57-52(59(36-41-18-14-17-39-15-8-9-19-46(39)41)55(63)68-43-25-22-42(23-26-43)60(64)65)35-50(58-70-56(4,5)6)48-33-40(16-10-12-29-61)47(20-11-13-30-62)53(54(48)57)49-34-45(27-28-51(49)69-57)67-44-24-21-37(2)38(3)32-44/h7-9,14-15,17-19,21-28,32-34,40,47,52-54,61-62H,1,10-13,16,20,29-31,35-36H2,2-6H3. The smallest absolute Gasteiger partial charge is 0.416 e. The third-order valence-electron chi connectivity index (χ3n) is 13.9. The fourth-order valence-corrected chi connectivity index (χ4v) is 10.5. The normalized spacial score (nSPS) is 22.0. The molecule has 2 aliphatic carbocycles. The van der Waals surface area contributed by atoms with Crippen LogP contribution in [0.3, 0.4) is 0 Å². The molecule has 8 rings (SSSR count). The summed E-state index contributed by atoms with van der Waals surface area (Å²) in [4.78, 5) is 34.5. The molecule has 6 unspecified atom stereocenters. The molecule has 0 radical (unpaired) electrons. The highest BCUT2D eigenvalue weighted by molar-refractivity contribution is 6.03. The number of nitro groups is 1. The summed E-state index contributed by atoms with van der Waals surface area (Å²) >= 11 is 0. The molecular weight excluding hydrogens is 887 g/mol. The summed E-state index contributed by atoms with van der Waals surface area (Å²) in [6, 6.07) is 30.4. The van der Waals surface area contributed by atoms with Gasteiger partial charge in [0.1, 0.15) is 34.6 Å². The van der Waals surface area contributed by atoms with Crippen LogP contribution in [0.1, 0.15) is 93.9 Å². The van der Waals surface area contributed by atoms with Gasteiger partial charge in [-0.2, -0.15) is 0 Å². The summed E-state index contributed by atoms with van der Waals surface area (Å²) < 4.78 is 27.6. The minimum absolute atomic E-state index is 0.0177. The van der Waals surface area contributed by atoms with Crippen LogP contribution in [-0.2, 0) is 16.1 Å². The largest absolute Gasteiger partial charge is 0.459 e. The summed E-state index contributed by atoms with van der Waals surface area (Å²) in [6.07, 6.45) is 7.75. The van der Waals surface area contributed by atoms with Crippen LogP contribution in [0.15, 0.2) is 133 Å². The van der Waals surface area contributed by atoms with E-state index in [4.69, 9.17) is 28.9 Å². The van der Waals surface area contributed by atoms with Crippen molar-refractivity contribution in [1.82, 2.24) is 4.90 Å². The van der Waals surface area contributed by atoms with Crippen LogP contribution in [0.2, 0.25) is 0 Å². The van der Waals surface area contributed by atoms with Crippen molar-refractivity contribution in [1.29, 1.82) is 0 Å². The van der Waals surface area contributed by atoms with Crippen molar-refractivity contribution in [2.45, 2.75) is 109 Å². The molecule has 1 aliphatic heterocycles. The number of non-ortho nitro benzene ring substituents is 1. The summed E-state index contributed by atoms with van der Waals surface area (Å²) in [7, 11) is 0. The average Bonchev–Trinajstić information content (AvgIpc) is 3.34. The van der Waals surface area contributed by atoms with E-state index in [-0.39, 0.29) is 62.0 Å². The molecule has 1 amide bonds. The summed E-state index contributed by atoms with van der Waals surface area (Å²) in [5.74, 6) is -0.445. The molecule has 0 aromatic heterocycles. The maximum Gasteiger partial charge on any atom is 0.416 e. The van der Waals surface area contributed by atoms with Gasteiger partial charge in [-0.3, -0.25) is 15.0 Å². The topological polar surface area (TPSA) is 162 Å². The Balaban J connectivity index is 1.37. The van der Waals surface area contributed by atoms with Gasteiger partial charge in [0.15, 0.2) is 0 Å². The Kier molecular flexibility index (Phi) is 15.4. The van der Waals surface area contributed by atoms with Crippen molar-refractivity contribution in [3.05, 3.63) is 160 Å². The Hall–Kier alpha value is -6.54. The predicted molar refractivity (Wildman–Crippen MR) is 270 cm³/mol. The molecule has 0 bridgehead atoms. The minimum Gasteiger partial charge on any atom is -0.459 e. The van der Waals surface area contributed by atoms with Gasteiger partial charge in [-0.15, -0.1) is 6.58 Å². The first-order valence-corrected chi connectivity index (χ1v) is 24.4. The zero-order valence-corrected chi connectivity index (χ0v) is 40.8. The molecule has 1 heterocycles. The van der Waals surface area contributed by atoms with E-state index in [0.717, 1.165) is 64.3 Å². The quantitative estimate of drug-likeness (QED) is 0.0352. The van der Waals surface area contributed by atoms with Crippen LogP contribution >= 0.6 is 0 Å². The number of allylic oxidation sites excluding steroid dienone is 1. The zero-order valence-electron chi connectivity index (χ0n) is 40.8. The molecule has 0 saturated heterocycles. The lowest BCUT2D eigenvalue weighted by atomic mass is 9.55. The number of oxime groups is 1. The van der Waals surface area contributed by atoms with Crippen molar-refractivity contribution in [2.75, 3.05) is 19.8 Å². The van der Waals surface area contributed by atoms with Gasteiger partial charge in [0.25, 0.3) is 5.69 Å². The number of ether oxygens (including phenoxy) is 4. The lowest BCUT2D eigenvalue weighted by Crippen LogP contribution is -2.70. The van der Waals surface area contributed by atoms with Crippen molar-refractivity contribution in [3.63, 3.8) is 0 Å². The lowest BCUT2D eigenvalue weighted by Gasteiger charge is -2.60. The number of fused-ring (bicyclic) bond motifs is 3. The van der Waals surface area contributed by atoms with Crippen LogP contribution < -0.4 is 14.2 Å². The average molecular weight is 952 g/mol. The Bertz CT molecular complexity index is 2740. The molecule has 6 atom stereocenters. The molecule has 5 aromatic carbocycles. The SMILES string of the molecule is C=CCOC12Oc3ccc(Oc4ccc(C)c(C)c4)cc3C3C(CCCCO)C(CCCCO)C=C(C(=NOC(C)(C)C)CC1N(Cc1cccc4ccccc14)C(=O)Oc1ccc([N+](=O)[O-])cc1)C32. The van der Waals surface area contributed by atoms with Gasteiger partial charge >= 0.3 is 6.09 Å². The molecule has 1 fully saturated rings. The molecule has 368 valence electrons. The molecule has 2 N–H and O–H groups in total. The highest BCUT2D eigenvalue weighted by Crippen LogP contribution is 2.62. The van der Waals surface area contributed by atoms with E-state index >= 15 is 4.79 Å². The van der Waals surface area contributed by atoms with Crippen LogP contribution in [0, 0.1) is 41.7 Å². The van der Waals surface area contributed by atoms with E-state index in [2.05, 4.69) is 32.6 Å². The first kappa shape index (κ1) is 49.9. The number of benzene rings is 5. The van der Waals surface area contributed by atoms with Crippen molar-refractivity contribution < 1.29 is 43.7 Å². The number of carbonyl (C=O) groups is 1. The van der Waals surface area contributed by atoms with Gasteiger partial charge in [0.2, 0.25) is 5.79 Å². The Morgan fingerprint density at radius 2 is 1.60 bits per heavy atom. The van der Waals surface area contributed by atoms with E-state index in [9.17, 15) is 20.3 Å². The molecule has 5 aromatic rings. The van der Waals surface area contributed by atoms with E-state index in [1.807, 2.05) is 93.6 Å². The molecule has 1 saturated carbocycles. The fraction of sp³-hybridized carbons (Fsp3) is 0.404. The second-order valence-electron chi connectivity index (χ2n) is 19.7. The van der Waals surface area contributed by atoms with Gasteiger partial charge in [-0.05, 0) is 148 Å². The third-order valence-corrected chi connectivity index (χ3v) is 13.9. The first-order chi connectivity index (χ1) is 33.7. The Morgan fingerprint density at radius 1 is 0.900 bits per heavy atom. The van der Waals surface area contributed by atoms with Crippen molar-refractivity contribution in [2.24, 2.45) is 22.9 Å². The summed E-state index contributed by atoms with van der Waals surface area (Å²) in [5, 5.41) is 38.7. The van der Waals surface area contributed by atoms with Gasteiger partial charge in [-0.1, -0.05) is 78.7 Å². The number of carbonyl (C=O) groups excluding carboxylic acids is 1. The number of nitro benzene ring substituents is 1. The number of aryl methyl sites for hydroxylation is 2. The summed E-state index contributed by atoms with van der Waals surface area (Å²) in [5.41, 5.74) is 4.74. The highest BCUT2D eigenvalue weighted by Gasteiger charge is 2.66. The molecule has 70 heavy (non-hydrogen) atoms. The predicted octanol–water partition coefficient (Wildman–Crippen LogP) is 12.3. The van der Waals surface area contributed by atoms with Crippen LogP contribution in [0.25, 0.3) is 10.8 Å². The number of hydrogen-bond donors (Lipinski definition) is 2. The van der Waals surface area contributed by atoms with Crippen molar-refractivity contribution in [3.8, 4) is 23.0 Å². The second kappa shape index (κ2) is 21.6. The number of aliphatic hydroxyl groups excluding tert-OH is 2. The van der Waals surface area contributed by atoms with Gasteiger partial charge in [0, 0.05) is 43.2 Å². The number of hydrogen-bond acceptors (Lipinski definition) is 11. The van der Waals surface area contributed by atoms with Crippen molar-refractivity contribution >= 4 is 28.3 Å². The van der Waals surface area contributed by atoms with E-state index in [1.54, 1.807) is 11.0 Å². The van der Waals surface area contributed by atoms with Gasteiger partial charge < -0.3 is 34.0 Å². The third kappa shape index (κ3) is 10.8. The fourth-order valence-electron chi connectivity index (χ4n) is 10.5. The van der Waals surface area contributed by atoms with Gasteiger partial charge in [0.05, 0.1) is 29.7 Å². The second-order valence-corrected chi connectivity index (χ2v) is 19.7. The first-order valence-electron chi connectivity index (χ1n) is 24.4. The lowest BCUT2D eigenvalue weighted by molar-refractivity contribution is -0.384. The molecule has 13 heteroatoms. The Labute approximate surface area is 410 Å². The van der Waals surface area contributed by atoms with Crippen LogP contribution in [0.4, 0.5) is 10.5 Å². The molecule has 3 aliphatic rings. The maximum absolute atomic E-state index is 15.4. The van der Waals surface area contributed by atoms with E-state index in [1.165, 1.54) is 24.3 Å². The monoisotopic (exact) mass is 951 g/mol. The molecular formula is C57H65N3O10. The summed E-state index contributed by atoms with van der Waals surface area (Å²) in [6.45, 7) is 14.3. The number of unbranched alkanes of at least 4 members (excludes halogenated alkanes) is 2. The number of rotatable bonds is 19. The number of amides is 1. The van der Waals surface area contributed by atoms with Crippen LogP contribution in [-0.4, -0.2) is 69.1 Å². The minimum atomic E-state index is -1.58. The van der Waals surface area contributed by atoms with E-state index in [0.29, 0.717) is 35.8 Å². The van der Waals surface area contributed by atoms with Gasteiger partial charge in [-0.25, -0.2) is 4.79 Å². The Morgan fingerprint density at radius 3 is 2.31 bits per heavy atom. The van der Waals surface area contributed by atoms with E-state index < -0.39 is 34.4 Å².